The summed E-state index contributed by atoms with van der Waals surface area (Å²) in [5.41, 5.74) is 0.962. The maximum Gasteiger partial charge on any atom is 0.407 e. The molecule has 0 bridgehead atoms. The smallest absolute Gasteiger partial charge is 0.407 e. The highest BCUT2D eigenvalue weighted by Crippen LogP contribution is 2.40. The van der Waals surface area contributed by atoms with Crippen molar-refractivity contribution in [3.8, 4) is 0 Å². The van der Waals surface area contributed by atoms with Gasteiger partial charge in [-0.05, 0) is 70.9 Å². The minimum absolute atomic E-state index is 0.229. The molecule has 4 nitrogen and oxygen atoms in total. The Bertz CT molecular complexity index is 588. The number of amides is 1. The van der Waals surface area contributed by atoms with E-state index in [-0.39, 0.29) is 12.1 Å². The summed E-state index contributed by atoms with van der Waals surface area (Å²) < 4.78 is 6.24. The summed E-state index contributed by atoms with van der Waals surface area (Å²) in [5.74, 6) is 0. The van der Waals surface area contributed by atoms with Gasteiger partial charge in [0.25, 0.3) is 0 Å². The first kappa shape index (κ1) is 18.0. The molecular weight excluding hydrogens is 344 g/mol. The lowest BCUT2D eigenvalue weighted by Crippen LogP contribution is -2.44. The Morgan fingerprint density at radius 1 is 1.21 bits per heavy atom. The van der Waals surface area contributed by atoms with E-state index < -0.39 is 5.60 Å². The van der Waals surface area contributed by atoms with Gasteiger partial charge in [0, 0.05) is 23.0 Å². The van der Waals surface area contributed by atoms with Crippen LogP contribution in [-0.4, -0.2) is 23.8 Å². The first-order valence-corrected chi connectivity index (χ1v) is 10.0. The number of aryl methyl sites for hydroxylation is 1. The van der Waals surface area contributed by atoms with Gasteiger partial charge in [-0.1, -0.05) is 11.6 Å². The van der Waals surface area contributed by atoms with Crippen molar-refractivity contribution in [2.45, 2.75) is 83.0 Å². The third-order valence-electron chi connectivity index (χ3n) is 4.73. The van der Waals surface area contributed by atoms with Crippen molar-refractivity contribution in [2.24, 2.45) is 0 Å². The zero-order valence-corrected chi connectivity index (χ0v) is 16.2. The van der Waals surface area contributed by atoms with Gasteiger partial charge in [0.15, 0.2) is 0 Å². The monoisotopic (exact) mass is 370 g/mol. The lowest BCUT2D eigenvalue weighted by atomic mass is 9.90. The van der Waals surface area contributed by atoms with Gasteiger partial charge >= 0.3 is 6.09 Å². The van der Waals surface area contributed by atoms with E-state index in [1.165, 1.54) is 16.9 Å². The first-order chi connectivity index (χ1) is 11.3. The van der Waals surface area contributed by atoms with Crippen LogP contribution in [0.3, 0.4) is 0 Å². The van der Waals surface area contributed by atoms with Gasteiger partial charge in [-0.25, -0.2) is 4.79 Å². The summed E-state index contributed by atoms with van der Waals surface area (Å²) in [6.45, 7) is 5.67. The standard InChI is InChI=1S/C18H27ClN2O2S/c1-18(2,3)23-17(22)21-12-6-4-11(5-7-12)20-14-8-9-15-13(14)10-16(19)24-15/h10-12,14,20H,4-9H2,1-3H3,(H,21,22). The zero-order chi connectivity index (χ0) is 17.3. The number of carbonyl (C=O) groups excluding carboxylic acids is 1. The van der Waals surface area contributed by atoms with Crippen LogP contribution in [0.4, 0.5) is 4.79 Å². The van der Waals surface area contributed by atoms with Crippen molar-refractivity contribution < 1.29 is 9.53 Å². The third kappa shape index (κ3) is 4.64. The number of rotatable bonds is 3. The van der Waals surface area contributed by atoms with Crippen LogP contribution in [0.2, 0.25) is 4.34 Å². The van der Waals surface area contributed by atoms with Crippen molar-refractivity contribution >= 4 is 29.0 Å². The second-order valence-corrected chi connectivity index (χ2v) is 9.65. The number of nitrogens with one attached hydrogen (secondary N) is 2. The molecule has 1 aromatic heterocycles. The fraction of sp³-hybridized carbons (Fsp3) is 0.722. The molecule has 1 atom stereocenters. The molecule has 3 rings (SSSR count). The highest BCUT2D eigenvalue weighted by Gasteiger charge is 2.30. The molecule has 1 aromatic rings. The number of hydrogen-bond acceptors (Lipinski definition) is 4. The van der Waals surface area contributed by atoms with E-state index in [1.54, 1.807) is 11.3 Å². The number of halogens is 1. The summed E-state index contributed by atoms with van der Waals surface area (Å²) in [6.07, 6.45) is 6.19. The van der Waals surface area contributed by atoms with E-state index in [9.17, 15) is 4.79 Å². The Hall–Kier alpha value is -0.780. The Balaban J connectivity index is 1.44. The number of thiophene rings is 1. The van der Waals surface area contributed by atoms with Crippen LogP contribution in [0.1, 0.15) is 69.4 Å². The molecule has 1 saturated carbocycles. The maximum atomic E-state index is 11.9. The van der Waals surface area contributed by atoms with Gasteiger partial charge < -0.3 is 15.4 Å². The van der Waals surface area contributed by atoms with Crippen LogP contribution in [-0.2, 0) is 11.2 Å². The number of alkyl carbamates (subject to hydrolysis) is 1. The normalized spacial score (nSPS) is 26.9. The molecule has 0 aromatic carbocycles. The number of ether oxygens (including phenoxy) is 1. The van der Waals surface area contributed by atoms with Gasteiger partial charge in [0.05, 0.1) is 4.34 Å². The maximum absolute atomic E-state index is 11.9. The topological polar surface area (TPSA) is 50.4 Å². The third-order valence-corrected chi connectivity index (χ3v) is 6.07. The second-order valence-electron chi connectivity index (χ2n) is 7.88. The van der Waals surface area contributed by atoms with E-state index >= 15 is 0 Å². The molecule has 2 aliphatic rings. The Kier molecular flexibility index (Phi) is 5.42. The van der Waals surface area contributed by atoms with Crippen molar-refractivity contribution in [3.05, 3.63) is 20.8 Å². The molecule has 134 valence electrons. The van der Waals surface area contributed by atoms with Crippen molar-refractivity contribution in [1.82, 2.24) is 10.6 Å². The molecule has 1 fully saturated rings. The fourth-order valence-corrected chi connectivity index (χ4v) is 5.02. The van der Waals surface area contributed by atoms with Crippen LogP contribution in [0, 0.1) is 0 Å². The highest BCUT2D eigenvalue weighted by molar-refractivity contribution is 7.16. The van der Waals surface area contributed by atoms with Gasteiger partial charge in [-0.2, -0.15) is 0 Å². The number of hydrogen-bond donors (Lipinski definition) is 2. The number of carbonyl (C=O) groups is 1. The minimum atomic E-state index is -0.440. The van der Waals surface area contributed by atoms with Crippen LogP contribution < -0.4 is 10.6 Å². The minimum Gasteiger partial charge on any atom is -0.444 e. The zero-order valence-electron chi connectivity index (χ0n) is 14.7. The summed E-state index contributed by atoms with van der Waals surface area (Å²) in [5, 5.41) is 6.81. The molecule has 0 aliphatic heterocycles. The predicted octanol–water partition coefficient (Wildman–Crippen LogP) is 4.81. The van der Waals surface area contributed by atoms with Crippen LogP contribution in [0.15, 0.2) is 6.07 Å². The molecule has 6 heteroatoms. The molecule has 0 radical (unpaired) electrons. The molecule has 0 saturated heterocycles. The summed E-state index contributed by atoms with van der Waals surface area (Å²) >= 11 is 7.86. The molecule has 1 unspecified atom stereocenters. The Labute approximate surface area is 153 Å². The van der Waals surface area contributed by atoms with Crippen LogP contribution in [0.25, 0.3) is 0 Å². The van der Waals surface area contributed by atoms with Crippen molar-refractivity contribution in [2.75, 3.05) is 0 Å². The van der Waals surface area contributed by atoms with Crippen molar-refractivity contribution in [1.29, 1.82) is 0 Å². The molecular formula is C18H27ClN2O2S. The van der Waals surface area contributed by atoms with Crippen LogP contribution in [0.5, 0.6) is 0 Å². The molecule has 1 amide bonds. The highest BCUT2D eigenvalue weighted by atomic mass is 35.5. The van der Waals surface area contributed by atoms with Crippen LogP contribution >= 0.6 is 22.9 Å². The van der Waals surface area contributed by atoms with E-state index in [0.29, 0.717) is 12.1 Å². The van der Waals surface area contributed by atoms with E-state index in [4.69, 9.17) is 16.3 Å². The molecule has 2 N–H and O–H groups in total. The summed E-state index contributed by atoms with van der Waals surface area (Å²) in [4.78, 5) is 13.3. The largest absolute Gasteiger partial charge is 0.444 e. The lowest BCUT2D eigenvalue weighted by molar-refractivity contribution is 0.0489. The molecule has 0 spiro atoms. The molecule has 2 aliphatic carbocycles. The van der Waals surface area contributed by atoms with Crippen molar-refractivity contribution in [3.63, 3.8) is 0 Å². The average Bonchev–Trinajstić information content (AvgIpc) is 2.99. The quantitative estimate of drug-likeness (QED) is 0.802. The molecule has 1 heterocycles. The second kappa shape index (κ2) is 7.22. The Morgan fingerprint density at radius 3 is 2.54 bits per heavy atom. The van der Waals surface area contributed by atoms with E-state index in [2.05, 4.69) is 16.7 Å². The summed E-state index contributed by atoms with van der Waals surface area (Å²) in [6, 6.07) is 3.33. The van der Waals surface area contributed by atoms with E-state index in [0.717, 1.165) is 36.4 Å². The SMILES string of the molecule is CC(C)(C)OC(=O)NC1CCC(NC2CCc3sc(Cl)cc32)CC1. The summed E-state index contributed by atoms with van der Waals surface area (Å²) in [7, 11) is 0. The average molecular weight is 371 g/mol. The van der Waals surface area contributed by atoms with Gasteiger partial charge in [-0.3, -0.25) is 0 Å². The van der Waals surface area contributed by atoms with Gasteiger partial charge in [0.1, 0.15) is 5.60 Å². The van der Waals surface area contributed by atoms with E-state index in [1.807, 2.05) is 20.8 Å². The predicted molar refractivity (Wildman–Crippen MR) is 98.9 cm³/mol. The fourth-order valence-electron chi connectivity index (χ4n) is 3.67. The van der Waals surface area contributed by atoms with Gasteiger partial charge in [0.2, 0.25) is 0 Å². The Morgan fingerprint density at radius 2 is 1.88 bits per heavy atom. The lowest BCUT2D eigenvalue weighted by Gasteiger charge is -2.32. The first-order valence-electron chi connectivity index (χ1n) is 8.84. The van der Waals surface area contributed by atoms with Gasteiger partial charge in [-0.15, -0.1) is 11.3 Å². The number of fused-ring (bicyclic) bond motifs is 1. The molecule has 24 heavy (non-hydrogen) atoms.